The molecule has 0 aliphatic carbocycles. The fourth-order valence-corrected chi connectivity index (χ4v) is 4.16. The molecule has 3 rings (SSSR count). The molecule has 2 atom stereocenters. The van der Waals surface area contributed by atoms with Crippen molar-refractivity contribution in [1.82, 2.24) is 30.3 Å². The average molecular weight is 464 g/mol. The van der Waals surface area contributed by atoms with Crippen molar-refractivity contribution in [2.45, 2.75) is 43.6 Å². The first-order chi connectivity index (χ1) is 14.8. The molecule has 0 spiro atoms. The number of carbonyl (C=O) groups is 2. The van der Waals surface area contributed by atoms with Crippen LogP contribution >= 0.6 is 23.1 Å². The summed E-state index contributed by atoms with van der Waals surface area (Å²) < 4.78 is 15.5. The van der Waals surface area contributed by atoms with Crippen molar-refractivity contribution in [2.24, 2.45) is 7.05 Å². The summed E-state index contributed by atoms with van der Waals surface area (Å²) in [6, 6.07) is 5.24. The number of amides is 2. The fraction of sp³-hybridized carbons (Fsp3) is 0.368. The van der Waals surface area contributed by atoms with Crippen LogP contribution in [-0.2, 0) is 18.3 Å². The quantitative estimate of drug-likeness (QED) is 0.494. The van der Waals surface area contributed by atoms with E-state index in [9.17, 15) is 14.0 Å². The SMILES string of the molecule is CCc1nnc(NC(=O)[C@H](C)Sc2nnc([C@H](C)NC(=O)c3ccccc3F)n2C)s1. The van der Waals surface area contributed by atoms with E-state index >= 15 is 0 Å². The molecule has 9 nitrogen and oxygen atoms in total. The minimum atomic E-state index is -0.595. The first-order valence-corrected chi connectivity index (χ1v) is 11.2. The van der Waals surface area contributed by atoms with Crippen LogP contribution in [0.3, 0.4) is 0 Å². The predicted molar refractivity (Wildman–Crippen MR) is 117 cm³/mol. The van der Waals surface area contributed by atoms with Crippen LogP contribution in [0.1, 0.15) is 48.0 Å². The van der Waals surface area contributed by atoms with Crippen LogP contribution in [0.2, 0.25) is 0 Å². The van der Waals surface area contributed by atoms with Crippen molar-refractivity contribution in [1.29, 1.82) is 0 Å². The van der Waals surface area contributed by atoms with Gasteiger partial charge in [0.05, 0.1) is 16.9 Å². The van der Waals surface area contributed by atoms with E-state index in [0.717, 1.165) is 11.4 Å². The summed E-state index contributed by atoms with van der Waals surface area (Å²) in [5.41, 5.74) is -0.0423. The highest BCUT2D eigenvalue weighted by atomic mass is 32.2. The first-order valence-electron chi connectivity index (χ1n) is 9.54. The van der Waals surface area contributed by atoms with Gasteiger partial charge in [0.25, 0.3) is 5.91 Å². The van der Waals surface area contributed by atoms with Gasteiger partial charge in [-0.3, -0.25) is 14.9 Å². The van der Waals surface area contributed by atoms with E-state index in [1.807, 2.05) is 6.92 Å². The van der Waals surface area contributed by atoms with Crippen LogP contribution in [0.4, 0.5) is 9.52 Å². The van der Waals surface area contributed by atoms with Crippen LogP contribution in [0, 0.1) is 5.82 Å². The third-order valence-electron chi connectivity index (χ3n) is 4.37. The Labute approximate surface area is 186 Å². The normalized spacial score (nSPS) is 12.9. The smallest absolute Gasteiger partial charge is 0.254 e. The number of nitrogens with zero attached hydrogens (tertiary/aromatic N) is 5. The highest BCUT2D eigenvalue weighted by Gasteiger charge is 2.23. The average Bonchev–Trinajstić information content (AvgIpc) is 3.34. The molecule has 0 unspecified atom stereocenters. The summed E-state index contributed by atoms with van der Waals surface area (Å²) in [7, 11) is 1.74. The summed E-state index contributed by atoms with van der Waals surface area (Å²) >= 11 is 2.56. The largest absolute Gasteiger partial charge is 0.342 e. The lowest BCUT2D eigenvalue weighted by Gasteiger charge is -2.14. The molecule has 0 fully saturated rings. The van der Waals surface area contributed by atoms with Gasteiger partial charge in [-0.05, 0) is 32.4 Å². The third-order valence-corrected chi connectivity index (χ3v) is 6.49. The summed E-state index contributed by atoms with van der Waals surface area (Å²) in [6.07, 6.45) is 0.755. The van der Waals surface area contributed by atoms with Crippen LogP contribution in [0.15, 0.2) is 29.4 Å². The standard InChI is InChI=1S/C19H22FN7O2S2/c1-5-14-23-25-18(31-14)22-16(28)11(3)30-19-26-24-15(27(19)4)10(2)21-17(29)12-8-6-7-9-13(12)20/h6-11H,5H2,1-4H3,(H,21,29)(H,22,25,28)/t10-,11-/m0/s1. The van der Waals surface area contributed by atoms with E-state index < -0.39 is 23.0 Å². The number of nitrogens with one attached hydrogen (secondary N) is 2. The maximum absolute atomic E-state index is 13.8. The van der Waals surface area contributed by atoms with Gasteiger partial charge < -0.3 is 9.88 Å². The molecule has 31 heavy (non-hydrogen) atoms. The number of hydrogen-bond acceptors (Lipinski definition) is 8. The number of carbonyl (C=O) groups excluding carboxylic acids is 2. The van der Waals surface area contributed by atoms with Gasteiger partial charge in [-0.1, -0.05) is 42.2 Å². The second kappa shape index (κ2) is 9.96. The van der Waals surface area contributed by atoms with E-state index in [1.165, 1.54) is 41.3 Å². The molecule has 0 aliphatic rings. The molecule has 0 saturated heterocycles. The number of aromatic nitrogens is 5. The maximum atomic E-state index is 13.8. The van der Waals surface area contributed by atoms with E-state index in [0.29, 0.717) is 16.1 Å². The molecule has 0 radical (unpaired) electrons. The fourth-order valence-electron chi connectivity index (χ4n) is 2.66. The zero-order chi connectivity index (χ0) is 22.5. The summed E-state index contributed by atoms with van der Waals surface area (Å²) in [5.74, 6) is -0.882. The van der Waals surface area contributed by atoms with Gasteiger partial charge in [0.2, 0.25) is 11.0 Å². The van der Waals surface area contributed by atoms with Crippen LogP contribution in [0.5, 0.6) is 0 Å². The Balaban J connectivity index is 1.62. The van der Waals surface area contributed by atoms with E-state index in [1.54, 1.807) is 31.5 Å². The van der Waals surface area contributed by atoms with Crippen molar-refractivity contribution in [3.8, 4) is 0 Å². The minimum absolute atomic E-state index is 0.0423. The molecule has 0 bridgehead atoms. The van der Waals surface area contributed by atoms with Gasteiger partial charge in [0, 0.05) is 7.05 Å². The second-order valence-corrected chi connectivity index (χ2v) is 9.05. The van der Waals surface area contributed by atoms with Gasteiger partial charge in [0.15, 0.2) is 11.0 Å². The number of anilines is 1. The molecule has 2 N–H and O–H groups in total. The molecule has 164 valence electrons. The number of aryl methyl sites for hydroxylation is 1. The Bertz CT molecular complexity index is 1080. The van der Waals surface area contributed by atoms with Crippen LogP contribution in [0.25, 0.3) is 0 Å². The lowest BCUT2D eigenvalue weighted by atomic mass is 10.2. The molecule has 1 aromatic carbocycles. The summed E-state index contributed by atoms with van der Waals surface area (Å²) in [4.78, 5) is 24.8. The Morgan fingerprint density at radius 2 is 1.94 bits per heavy atom. The van der Waals surface area contributed by atoms with Crippen molar-refractivity contribution >= 4 is 40.0 Å². The van der Waals surface area contributed by atoms with Crippen molar-refractivity contribution < 1.29 is 14.0 Å². The molecule has 0 aliphatic heterocycles. The second-order valence-electron chi connectivity index (χ2n) is 6.68. The van der Waals surface area contributed by atoms with E-state index in [-0.39, 0.29) is 11.5 Å². The minimum Gasteiger partial charge on any atom is -0.342 e. The Kier molecular flexibility index (Phi) is 7.33. The molecular formula is C19H22FN7O2S2. The molecule has 3 aromatic rings. The maximum Gasteiger partial charge on any atom is 0.254 e. The van der Waals surface area contributed by atoms with Gasteiger partial charge in [-0.25, -0.2) is 4.39 Å². The number of hydrogen-bond donors (Lipinski definition) is 2. The molecule has 12 heteroatoms. The molecule has 2 aromatic heterocycles. The Hall–Kier alpha value is -2.86. The van der Waals surface area contributed by atoms with Crippen molar-refractivity contribution in [3.63, 3.8) is 0 Å². The predicted octanol–water partition coefficient (Wildman–Crippen LogP) is 2.98. The van der Waals surface area contributed by atoms with Crippen molar-refractivity contribution in [2.75, 3.05) is 5.32 Å². The topological polar surface area (TPSA) is 115 Å². The van der Waals surface area contributed by atoms with Gasteiger partial charge in [-0.2, -0.15) is 0 Å². The summed E-state index contributed by atoms with van der Waals surface area (Å²) in [5, 5.41) is 23.0. The molecule has 0 saturated carbocycles. The highest BCUT2D eigenvalue weighted by molar-refractivity contribution is 8.00. The summed E-state index contributed by atoms with van der Waals surface area (Å²) in [6.45, 7) is 5.45. The monoisotopic (exact) mass is 463 g/mol. The van der Waals surface area contributed by atoms with Gasteiger partial charge in [0.1, 0.15) is 10.8 Å². The third kappa shape index (κ3) is 5.44. The van der Waals surface area contributed by atoms with Crippen molar-refractivity contribution in [3.05, 3.63) is 46.5 Å². The first kappa shape index (κ1) is 22.8. The lowest BCUT2D eigenvalue weighted by Crippen LogP contribution is -2.29. The van der Waals surface area contributed by atoms with E-state index in [2.05, 4.69) is 31.0 Å². The zero-order valence-corrected chi connectivity index (χ0v) is 19.1. The lowest BCUT2D eigenvalue weighted by molar-refractivity contribution is -0.115. The number of rotatable bonds is 8. The van der Waals surface area contributed by atoms with Crippen LogP contribution < -0.4 is 10.6 Å². The number of benzene rings is 1. The van der Waals surface area contributed by atoms with Crippen LogP contribution in [-0.4, -0.2) is 42.0 Å². The van der Waals surface area contributed by atoms with Gasteiger partial charge in [-0.15, -0.1) is 20.4 Å². The zero-order valence-electron chi connectivity index (χ0n) is 17.4. The number of thioether (sulfide) groups is 1. The Morgan fingerprint density at radius 1 is 1.19 bits per heavy atom. The van der Waals surface area contributed by atoms with Gasteiger partial charge >= 0.3 is 0 Å². The number of halogens is 1. The Morgan fingerprint density at radius 3 is 2.61 bits per heavy atom. The molecule has 2 amide bonds. The molecular weight excluding hydrogens is 441 g/mol. The highest BCUT2D eigenvalue weighted by Crippen LogP contribution is 2.25. The molecule has 2 heterocycles. The van der Waals surface area contributed by atoms with E-state index in [4.69, 9.17) is 0 Å².